The highest BCUT2D eigenvalue weighted by atomic mass is 19.4. The van der Waals surface area contributed by atoms with E-state index >= 15 is 0 Å². The molecule has 0 aliphatic carbocycles. The quantitative estimate of drug-likeness (QED) is 0.778. The molecule has 0 radical (unpaired) electrons. The van der Waals surface area contributed by atoms with E-state index in [-0.39, 0.29) is 25.6 Å². The Labute approximate surface area is 185 Å². The number of carbonyl (C=O) groups excluding carboxylic acids is 1. The summed E-state index contributed by atoms with van der Waals surface area (Å²) in [5.74, 6) is -2.67. The van der Waals surface area contributed by atoms with E-state index < -0.39 is 23.9 Å². The first-order chi connectivity index (χ1) is 15.2. The van der Waals surface area contributed by atoms with Gasteiger partial charge in [-0.15, -0.1) is 0 Å². The number of halogens is 3. The maximum Gasteiger partial charge on any atom is 0.393 e. The molecule has 1 fully saturated rings. The van der Waals surface area contributed by atoms with Gasteiger partial charge in [-0.3, -0.25) is 4.79 Å². The first-order valence-corrected chi connectivity index (χ1v) is 10.9. The number of piperidine rings is 1. The Kier molecular flexibility index (Phi) is 6.37. The van der Waals surface area contributed by atoms with Crippen LogP contribution in [0.4, 0.5) is 19.1 Å². The molecule has 1 N–H and O–H groups in total. The minimum Gasteiger partial charge on any atom is -0.350 e. The number of rotatable bonds is 4. The molecule has 1 saturated heterocycles. The molecule has 4 rings (SSSR count). The fourth-order valence-corrected chi connectivity index (χ4v) is 4.61. The second-order valence-electron chi connectivity index (χ2n) is 8.83. The number of aromatic nitrogens is 2. The summed E-state index contributed by atoms with van der Waals surface area (Å²) in [7, 11) is 1.67. The topological polar surface area (TPSA) is 61.4 Å². The van der Waals surface area contributed by atoms with Crippen LogP contribution in [-0.4, -0.2) is 58.0 Å². The summed E-state index contributed by atoms with van der Waals surface area (Å²) in [6.07, 6.45) is -1.91. The van der Waals surface area contributed by atoms with Gasteiger partial charge in [0.2, 0.25) is 11.9 Å². The van der Waals surface area contributed by atoms with Crippen LogP contribution < -0.4 is 5.32 Å². The molecule has 1 aromatic carbocycles. The van der Waals surface area contributed by atoms with Crippen molar-refractivity contribution >= 4 is 11.9 Å². The molecule has 3 heterocycles. The Morgan fingerprint density at radius 1 is 1.25 bits per heavy atom. The van der Waals surface area contributed by atoms with Gasteiger partial charge < -0.3 is 15.1 Å². The van der Waals surface area contributed by atoms with E-state index in [4.69, 9.17) is 0 Å². The number of amides is 1. The number of nitrogens with zero attached hydrogens (tertiary/aromatic N) is 4. The van der Waals surface area contributed by atoms with Crippen LogP contribution in [0.1, 0.15) is 30.2 Å². The van der Waals surface area contributed by atoms with Gasteiger partial charge in [0.1, 0.15) is 0 Å². The number of carbonyl (C=O) groups is 1. The Morgan fingerprint density at radius 3 is 2.72 bits per heavy atom. The van der Waals surface area contributed by atoms with Gasteiger partial charge in [-0.25, -0.2) is 9.97 Å². The monoisotopic (exact) mass is 447 g/mol. The van der Waals surface area contributed by atoms with Crippen molar-refractivity contribution in [3.05, 3.63) is 53.3 Å². The summed E-state index contributed by atoms with van der Waals surface area (Å²) < 4.78 is 41.0. The average molecular weight is 448 g/mol. The predicted molar refractivity (Wildman–Crippen MR) is 115 cm³/mol. The standard InChI is InChI=1S/C23H28F3N5O/c1-15-10-17-12-28-22(27-11-16-6-4-3-5-7-16)29-20(17)14-31(15)21(32)18-8-9-30(2)13-19(18)23(24,25)26/h3-7,12,15,18-19H,8-11,13-14H2,1-2H3,(H,27,28,29)/t15-,18+,19+/m1/s1. The number of hydrogen-bond donors (Lipinski definition) is 1. The number of likely N-dealkylation sites (tertiary alicyclic amines) is 1. The molecule has 32 heavy (non-hydrogen) atoms. The van der Waals surface area contributed by atoms with Crippen molar-refractivity contribution in [1.29, 1.82) is 0 Å². The summed E-state index contributed by atoms with van der Waals surface area (Å²) in [6, 6.07) is 9.63. The zero-order valence-electron chi connectivity index (χ0n) is 18.3. The highest BCUT2D eigenvalue weighted by molar-refractivity contribution is 5.80. The summed E-state index contributed by atoms with van der Waals surface area (Å²) >= 11 is 0. The molecule has 2 aliphatic heterocycles. The van der Waals surface area contributed by atoms with E-state index in [1.807, 2.05) is 37.3 Å². The number of alkyl halides is 3. The van der Waals surface area contributed by atoms with E-state index in [0.29, 0.717) is 31.2 Å². The normalized spacial score (nSPS) is 24.2. The SMILES string of the molecule is C[C@@H]1Cc2cnc(NCc3ccccc3)nc2CN1C(=O)[C@H]1CCN(C)C[C@@H]1C(F)(F)F. The van der Waals surface area contributed by atoms with Crippen molar-refractivity contribution < 1.29 is 18.0 Å². The molecule has 9 heteroatoms. The molecular formula is C23H28F3N5O. The van der Waals surface area contributed by atoms with E-state index in [9.17, 15) is 18.0 Å². The highest BCUT2D eigenvalue weighted by Crippen LogP contribution is 2.39. The second kappa shape index (κ2) is 9.05. The van der Waals surface area contributed by atoms with E-state index in [0.717, 1.165) is 11.1 Å². The molecule has 0 saturated carbocycles. The van der Waals surface area contributed by atoms with Crippen LogP contribution in [0.5, 0.6) is 0 Å². The Hall–Kier alpha value is -2.68. The number of fused-ring (bicyclic) bond motifs is 1. The fraction of sp³-hybridized carbons (Fsp3) is 0.522. The first kappa shape index (κ1) is 22.5. The molecule has 2 aromatic rings. The van der Waals surface area contributed by atoms with Crippen molar-refractivity contribution in [2.24, 2.45) is 11.8 Å². The van der Waals surface area contributed by atoms with Crippen LogP contribution in [0, 0.1) is 11.8 Å². The lowest BCUT2D eigenvalue weighted by molar-refractivity contribution is -0.205. The molecule has 3 atom stereocenters. The lowest BCUT2D eigenvalue weighted by Gasteiger charge is -2.42. The molecule has 6 nitrogen and oxygen atoms in total. The minimum atomic E-state index is -4.40. The lowest BCUT2D eigenvalue weighted by Crippen LogP contribution is -2.54. The van der Waals surface area contributed by atoms with Crippen LogP contribution in [-0.2, 0) is 24.3 Å². The van der Waals surface area contributed by atoms with Crippen LogP contribution in [0.3, 0.4) is 0 Å². The van der Waals surface area contributed by atoms with Crippen LogP contribution >= 0.6 is 0 Å². The number of hydrogen-bond acceptors (Lipinski definition) is 5. The van der Waals surface area contributed by atoms with Crippen molar-refractivity contribution in [3.8, 4) is 0 Å². The Bertz CT molecular complexity index is 952. The summed E-state index contributed by atoms with van der Waals surface area (Å²) in [4.78, 5) is 25.5. The highest BCUT2D eigenvalue weighted by Gasteiger charge is 2.50. The number of anilines is 1. The molecule has 0 spiro atoms. The maximum atomic E-state index is 13.7. The summed E-state index contributed by atoms with van der Waals surface area (Å²) in [6.45, 7) is 2.97. The number of benzene rings is 1. The van der Waals surface area contributed by atoms with Gasteiger partial charge in [0.15, 0.2) is 0 Å². The van der Waals surface area contributed by atoms with Crippen LogP contribution in [0.15, 0.2) is 36.5 Å². The van der Waals surface area contributed by atoms with Crippen molar-refractivity contribution in [1.82, 2.24) is 19.8 Å². The largest absolute Gasteiger partial charge is 0.393 e. The molecule has 172 valence electrons. The molecule has 1 amide bonds. The number of nitrogens with one attached hydrogen (secondary N) is 1. The van der Waals surface area contributed by atoms with Gasteiger partial charge in [-0.2, -0.15) is 13.2 Å². The molecule has 2 aliphatic rings. The van der Waals surface area contributed by atoms with Gasteiger partial charge >= 0.3 is 6.18 Å². The zero-order valence-corrected chi connectivity index (χ0v) is 18.3. The predicted octanol–water partition coefficient (Wildman–Crippen LogP) is 3.49. The van der Waals surface area contributed by atoms with Crippen molar-refractivity contribution in [2.75, 3.05) is 25.5 Å². The van der Waals surface area contributed by atoms with Gasteiger partial charge in [-0.05, 0) is 44.5 Å². The van der Waals surface area contributed by atoms with E-state index in [2.05, 4.69) is 15.3 Å². The molecule has 1 aromatic heterocycles. The third-order valence-corrected chi connectivity index (χ3v) is 6.45. The maximum absolute atomic E-state index is 13.7. The van der Waals surface area contributed by atoms with Gasteiger partial charge in [0.05, 0.1) is 24.1 Å². The molecular weight excluding hydrogens is 419 g/mol. The van der Waals surface area contributed by atoms with Gasteiger partial charge in [0, 0.05) is 25.3 Å². The molecule has 0 unspecified atom stereocenters. The fourth-order valence-electron chi connectivity index (χ4n) is 4.61. The Morgan fingerprint density at radius 2 is 2.00 bits per heavy atom. The molecule has 0 bridgehead atoms. The summed E-state index contributed by atoms with van der Waals surface area (Å²) in [5.41, 5.74) is 2.71. The smallest absolute Gasteiger partial charge is 0.350 e. The first-order valence-electron chi connectivity index (χ1n) is 10.9. The third kappa shape index (κ3) is 4.87. The van der Waals surface area contributed by atoms with Crippen LogP contribution in [0.25, 0.3) is 0 Å². The zero-order chi connectivity index (χ0) is 22.9. The van der Waals surface area contributed by atoms with Gasteiger partial charge in [0.25, 0.3) is 0 Å². The Balaban J connectivity index is 1.49. The van der Waals surface area contributed by atoms with E-state index in [1.54, 1.807) is 23.0 Å². The lowest BCUT2D eigenvalue weighted by atomic mass is 9.83. The van der Waals surface area contributed by atoms with Crippen LogP contribution in [0.2, 0.25) is 0 Å². The average Bonchev–Trinajstić information content (AvgIpc) is 2.77. The van der Waals surface area contributed by atoms with E-state index in [1.165, 1.54) is 0 Å². The summed E-state index contributed by atoms with van der Waals surface area (Å²) in [5, 5.41) is 3.18. The second-order valence-corrected chi connectivity index (χ2v) is 8.83. The van der Waals surface area contributed by atoms with Gasteiger partial charge in [-0.1, -0.05) is 30.3 Å². The third-order valence-electron chi connectivity index (χ3n) is 6.45. The van der Waals surface area contributed by atoms with Crippen molar-refractivity contribution in [3.63, 3.8) is 0 Å². The minimum absolute atomic E-state index is 0.144. The van der Waals surface area contributed by atoms with Crippen molar-refractivity contribution in [2.45, 2.75) is 45.1 Å².